The Bertz CT molecular complexity index is 387. The summed E-state index contributed by atoms with van der Waals surface area (Å²) in [5.41, 5.74) is 2.12. The molecule has 0 saturated carbocycles. The van der Waals surface area contributed by atoms with Gasteiger partial charge in [0.05, 0.1) is 7.11 Å². The fourth-order valence-electron chi connectivity index (χ4n) is 2.91. The number of likely N-dealkylation sites (tertiary alicyclic amines) is 1. The predicted molar refractivity (Wildman–Crippen MR) is 67.9 cm³/mol. The normalized spacial score (nSPS) is 24.3. The number of hydrogen-bond acceptors (Lipinski definition) is 3. The molecule has 4 nitrogen and oxygen atoms in total. The fourth-order valence-corrected chi connectivity index (χ4v) is 2.91. The van der Waals surface area contributed by atoms with E-state index in [2.05, 4.69) is 0 Å². The van der Waals surface area contributed by atoms with Gasteiger partial charge in [-0.2, -0.15) is 0 Å². The quantitative estimate of drug-likeness (QED) is 0.706. The van der Waals surface area contributed by atoms with Crippen molar-refractivity contribution in [3.63, 3.8) is 0 Å². The van der Waals surface area contributed by atoms with Crippen LogP contribution in [0.15, 0.2) is 11.1 Å². The maximum atomic E-state index is 12.5. The molecule has 1 fully saturated rings. The van der Waals surface area contributed by atoms with Crippen LogP contribution in [-0.4, -0.2) is 36.5 Å². The molecule has 0 N–H and O–H groups in total. The second-order valence-electron chi connectivity index (χ2n) is 5.15. The third-order valence-electron chi connectivity index (χ3n) is 3.99. The Kier molecular flexibility index (Phi) is 4.04. The van der Waals surface area contributed by atoms with Crippen LogP contribution in [0, 0.1) is 0 Å². The molecule has 18 heavy (non-hydrogen) atoms. The number of esters is 1. The van der Waals surface area contributed by atoms with Crippen molar-refractivity contribution in [3.8, 4) is 0 Å². The van der Waals surface area contributed by atoms with Gasteiger partial charge in [0, 0.05) is 12.1 Å². The van der Waals surface area contributed by atoms with Crippen LogP contribution >= 0.6 is 0 Å². The Morgan fingerprint density at radius 1 is 1.22 bits per heavy atom. The number of hydrogen-bond donors (Lipinski definition) is 0. The first-order valence-corrected chi connectivity index (χ1v) is 6.72. The summed E-state index contributed by atoms with van der Waals surface area (Å²) in [6.45, 7) is 2.71. The highest BCUT2D eigenvalue weighted by Crippen LogP contribution is 2.29. The van der Waals surface area contributed by atoms with Crippen molar-refractivity contribution < 1.29 is 14.3 Å². The Hall–Kier alpha value is -1.32. The van der Waals surface area contributed by atoms with Crippen molar-refractivity contribution in [1.29, 1.82) is 0 Å². The summed E-state index contributed by atoms with van der Waals surface area (Å²) in [7, 11) is 1.38. The van der Waals surface area contributed by atoms with Crippen LogP contribution in [0.4, 0.5) is 0 Å². The van der Waals surface area contributed by atoms with E-state index in [9.17, 15) is 9.59 Å². The van der Waals surface area contributed by atoms with Crippen molar-refractivity contribution in [2.75, 3.05) is 13.7 Å². The monoisotopic (exact) mass is 251 g/mol. The summed E-state index contributed by atoms with van der Waals surface area (Å²) in [5.74, 6) is -0.227. The van der Waals surface area contributed by atoms with Crippen LogP contribution in [0.5, 0.6) is 0 Å². The van der Waals surface area contributed by atoms with Gasteiger partial charge in [-0.05, 0) is 45.4 Å². The summed E-state index contributed by atoms with van der Waals surface area (Å²) < 4.78 is 4.78. The molecule has 0 aromatic heterocycles. The van der Waals surface area contributed by atoms with E-state index >= 15 is 0 Å². The zero-order valence-corrected chi connectivity index (χ0v) is 11.2. The molecule has 1 atom stereocenters. The van der Waals surface area contributed by atoms with Gasteiger partial charge in [0.2, 0.25) is 5.91 Å². The molecule has 0 bridgehead atoms. The number of methoxy groups -OCH3 is 1. The van der Waals surface area contributed by atoms with Crippen molar-refractivity contribution >= 4 is 11.9 Å². The summed E-state index contributed by atoms with van der Waals surface area (Å²) in [5, 5.41) is 0. The van der Waals surface area contributed by atoms with Gasteiger partial charge < -0.3 is 9.64 Å². The van der Waals surface area contributed by atoms with E-state index in [1.165, 1.54) is 19.1 Å². The Morgan fingerprint density at radius 2 is 1.94 bits per heavy atom. The molecule has 1 saturated heterocycles. The average Bonchev–Trinajstić information content (AvgIpc) is 2.86. The second kappa shape index (κ2) is 5.55. The molecule has 0 spiro atoms. The van der Waals surface area contributed by atoms with E-state index in [-0.39, 0.29) is 17.9 Å². The van der Waals surface area contributed by atoms with E-state index in [0.717, 1.165) is 37.7 Å². The summed E-state index contributed by atoms with van der Waals surface area (Å²) >= 11 is 0. The number of rotatable bonds is 2. The molecule has 1 amide bonds. The minimum absolute atomic E-state index is 0.0556. The second-order valence-corrected chi connectivity index (χ2v) is 5.15. The number of carbonyl (C=O) groups excluding carboxylic acids is 2. The van der Waals surface area contributed by atoms with Crippen molar-refractivity contribution in [2.24, 2.45) is 0 Å². The van der Waals surface area contributed by atoms with Gasteiger partial charge in [0.25, 0.3) is 0 Å². The molecule has 0 aromatic rings. The van der Waals surface area contributed by atoms with Gasteiger partial charge in [-0.25, -0.2) is 4.79 Å². The summed E-state index contributed by atoms with van der Waals surface area (Å²) in [6, 6.07) is -0.371. The first-order chi connectivity index (χ1) is 8.65. The van der Waals surface area contributed by atoms with E-state index in [4.69, 9.17) is 4.74 Å². The van der Waals surface area contributed by atoms with E-state index in [1.54, 1.807) is 4.90 Å². The van der Waals surface area contributed by atoms with Crippen LogP contribution in [0.25, 0.3) is 0 Å². The van der Waals surface area contributed by atoms with Gasteiger partial charge in [-0.15, -0.1) is 0 Å². The minimum Gasteiger partial charge on any atom is -0.467 e. The Labute approximate surface area is 108 Å². The van der Waals surface area contributed by atoms with Gasteiger partial charge >= 0.3 is 5.97 Å². The SMILES string of the molecule is COC(=O)[C@@H]1CCCN1C(=O)C1=C(C)CCCC1. The largest absolute Gasteiger partial charge is 0.467 e. The predicted octanol–water partition coefficient (Wildman–Crippen LogP) is 2.04. The smallest absolute Gasteiger partial charge is 0.328 e. The van der Waals surface area contributed by atoms with Gasteiger partial charge in [0.1, 0.15) is 6.04 Å². The topological polar surface area (TPSA) is 46.6 Å². The van der Waals surface area contributed by atoms with Crippen LogP contribution in [0.1, 0.15) is 45.4 Å². The number of carbonyl (C=O) groups is 2. The lowest BCUT2D eigenvalue weighted by atomic mass is 9.92. The van der Waals surface area contributed by atoms with Crippen molar-refractivity contribution in [1.82, 2.24) is 4.90 Å². The number of allylic oxidation sites excluding steroid dienone is 1. The van der Waals surface area contributed by atoms with Crippen LogP contribution < -0.4 is 0 Å². The van der Waals surface area contributed by atoms with Gasteiger partial charge in [0.15, 0.2) is 0 Å². The fraction of sp³-hybridized carbons (Fsp3) is 0.714. The Balaban J connectivity index is 2.15. The molecule has 1 heterocycles. The molecular formula is C14H21NO3. The first-order valence-electron chi connectivity index (χ1n) is 6.72. The van der Waals surface area contributed by atoms with E-state index in [0.29, 0.717) is 6.54 Å². The van der Waals surface area contributed by atoms with E-state index in [1.807, 2.05) is 6.92 Å². The third kappa shape index (κ3) is 2.42. The zero-order chi connectivity index (χ0) is 13.1. The summed E-state index contributed by atoms with van der Waals surface area (Å²) in [6.07, 6.45) is 5.73. The molecule has 100 valence electrons. The molecule has 1 aliphatic carbocycles. The van der Waals surface area contributed by atoms with E-state index < -0.39 is 0 Å². The molecule has 2 aliphatic rings. The maximum absolute atomic E-state index is 12.5. The highest BCUT2D eigenvalue weighted by Gasteiger charge is 2.36. The maximum Gasteiger partial charge on any atom is 0.328 e. The highest BCUT2D eigenvalue weighted by molar-refractivity contribution is 5.97. The lowest BCUT2D eigenvalue weighted by Crippen LogP contribution is -2.42. The molecule has 4 heteroatoms. The summed E-state index contributed by atoms with van der Waals surface area (Å²) in [4.78, 5) is 25.9. The lowest BCUT2D eigenvalue weighted by molar-refractivity contribution is -0.149. The van der Waals surface area contributed by atoms with Crippen LogP contribution in [0.2, 0.25) is 0 Å². The van der Waals surface area contributed by atoms with Gasteiger partial charge in [-0.1, -0.05) is 5.57 Å². The van der Waals surface area contributed by atoms with Gasteiger partial charge in [-0.3, -0.25) is 4.79 Å². The third-order valence-corrected chi connectivity index (χ3v) is 3.99. The molecule has 0 radical (unpaired) electrons. The average molecular weight is 251 g/mol. The molecule has 0 aromatic carbocycles. The highest BCUT2D eigenvalue weighted by atomic mass is 16.5. The zero-order valence-electron chi connectivity index (χ0n) is 11.2. The van der Waals surface area contributed by atoms with Crippen molar-refractivity contribution in [2.45, 2.75) is 51.5 Å². The molecule has 0 unspecified atom stereocenters. The van der Waals surface area contributed by atoms with Crippen LogP contribution in [0.3, 0.4) is 0 Å². The first kappa shape index (κ1) is 13.1. The number of nitrogens with zero attached hydrogens (tertiary/aromatic N) is 1. The van der Waals surface area contributed by atoms with Crippen molar-refractivity contribution in [3.05, 3.63) is 11.1 Å². The molecular weight excluding hydrogens is 230 g/mol. The lowest BCUT2D eigenvalue weighted by Gasteiger charge is -2.26. The molecule has 2 rings (SSSR count). The minimum atomic E-state index is -0.371. The number of amides is 1. The van der Waals surface area contributed by atoms with Crippen LogP contribution in [-0.2, 0) is 14.3 Å². The standard InChI is InChI=1S/C14H21NO3/c1-10-6-3-4-7-11(10)13(16)15-9-5-8-12(15)14(17)18-2/h12H,3-9H2,1-2H3/t12-/m0/s1. The molecule has 1 aliphatic heterocycles. The Morgan fingerprint density at radius 3 is 2.61 bits per heavy atom. The number of ether oxygens (including phenoxy) is 1.